The van der Waals surface area contributed by atoms with Crippen LogP contribution in [0.4, 0.5) is 5.69 Å². The Morgan fingerprint density at radius 1 is 1.17 bits per heavy atom. The Morgan fingerprint density at radius 3 is 2.46 bits per heavy atom. The number of nitro benzene ring substituents is 1. The molecule has 1 aromatic heterocycles. The van der Waals surface area contributed by atoms with Crippen LogP contribution in [0.2, 0.25) is 5.15 Å². The topological polar surface area (TPSA) is 71.8 Å². The fraction of sp³-hybridized carbons (Fsp3) is 0.167. The maximum absolute atomic E-state index is 10.7. The lowest BCUT2D eigenvalue weighted by atomic mass is 10.0. The molecule has 1 atom stereocenters. The van der Waals surface area contributed by atoms with E-state index in [1.165, 1.54) is 17.7 Å². The van der Waals surface area contributed by atoms with Crippen LogP contribution in [0.25, 0.3) is 11.3 Å². The Kier molecular flexibility index (Phi) is 4.62. The Morgan fingerprint density at radius 2 is 1.83 bits per heavy atom. The van der Waals surface area contributed by atoms with Crippen molar-refractivity contribution >= 4 is 17.3 Å². The second-order valence-electron chi connectivity index (χ2n) is 5.68. The molecule has 0 bridgehead atoms. The number of benzene rings is 2. The Bertz CT molecular complexity index is 844. The normalized spacial score (nSPS) is 12.1. The number of H-pyrrole nitrogens is 1. The summed E-state index contributed by atoms with van der Waals surface area (Å²) in [6.07, 6.45) is 0.852. The molecule has 0 saturated heterocycles. The maximum Gasteiger partial charge on any atom is 0.269 e. The number of halogens is 1. The van der Waals surface area contributed by atoms with Gasteiger partial charge in [-0.15, -0.1) is 0 Å². The smallest absolute Gasteiger partial charge is 0.269 e. The van der Waals surface area contributed by atoms with Crippen molar-refractivity contribution in [2.24, 2.45) is 0 Å². The molecule has 3 aromatic rings. The van der Waals surface area contributed by atoms with Crippen LogP contribution in [-0.2, 0) is 6.42 Å². The summed E-state index contributed by atoms with van der Waals surface area (Å²) in [5.74, 6) is 0.980. The molecular formula is C18H16ClN3O2. The number of hydrogen-bond acceptors (Lipinski definition) is 3. The summed E-state index contributed by atoms with van der Waals surface area (Å²) in [7, 11) is 0. The van der Waals surface area contributed by atoms with Gasteiger partial charge in [0.2, 0.25) is 0 Å². The minimum atomic E-state index is -0.427. The Hall–Kier alpha value is -2.66. The van der Waals surface area contributed by atoms with Gasteiger partial charge in [-0.05, 0) is 24.1 Å². The first kappa shape index (κ1) is 16.2. The minimum Gasteiger partial charge on any atom is -0.332 e. The van der Waals surface area contributed by atoms with Crippen molar-refractivity contribution in [1.82, 2.24) is 9.97 Å². The molecule has 0 amide bonds. The summed E-state index contributed by atoms with van der Waals surface area (Å²) >= 11 is 6.28. The third kappa shape index (κ3) is 3.46. The van der Waals surface area contributed by atoms with E-state index >= 15 is 0 Å². The third-order valence-corrected chi connectivity index (χ3v) is 4.15. The standard InChI is InChI=1S/C18H16ClN3O2/c1-12(11-13-5-3-2-4-6-13)18-20-16(17(19)21-18)14-7-9-15(10-8-14)22(23)24/h2-10,12H,11H2,1H3,(H,20,21)/t12-/m0/s1. The molecule has 1 heterocycles. The zero-order chi connectivity index (χ0) is 17.1. The highest BCUT2D eigenvalue weighted by Crippen LogP contribution is 2.30. The summed E-state index contributed by atoms with van der Waals surface area (Å²) in [4.78, 5) is 18.0. The third-order valence-electron chi connectivity index (χ3n) is 3.88. The average Bonchev–Trinajstić information content (AvgIpc) is 2.98. The number of non-ortho nitro benzene ring substituents is 1. The lowest BCUT2D eigenvalue weighted by Crippen LogP contribution is -2.00. The van der Waals surface area contributed by atoms with E-state index in [0.717, 1.165) is 17.8 Å². The van der Waals surface area contributed by atoms with Gasteiger partial charge in [0.1, 0.15) is 16.7 Å². The number of imidazole rings is 1. The molecule has 0 fully saturated rings. The van der Waals surface area contributed by atoms with E-state index in [1.54, 1.807) is 12.1 Å². The van der Waals surface area contributed by atoms with Crippen LogP contribution < -0.4 is 0 Å². The van der Waals surface area contributed by atoms with E-state index in [1.807, 2.05) is 18.2 Å². The van der Waals surface area contributed by atoms with Crippen molar-refractivity contribution in [2.75, 3.05) is 0 Å². The van der Waals surface area contributed by atoms with Gasteiger partial charge < -0.3 is 4.98 Å². The molecule has 0 spiro atoms. The van der Waals surface area contributed by atoms with Crippen LogP contribution in [0.15, 0.2) is 54.6 Å². The molecule has 0 aliphatic heterocycles. The van der Waals surface area contributed by atoms with Gasteiger partial charge in [-0.2, -0.15) is 0 Å². The van der Waals surface area contributed by atoms with Crippen LogP contribution in [0.1, 0.15) is 24.2 Å². The lowest BCUT2D eigenvalue weighted by Gasteiger charge is -2.08. The second kappa shape index (κ2) is 6.84. The molecule has 0 unspecified atom stereocenters. The zero-order valence-corrected chi connectivity index (χ0v) is 13.8. The number of rotatable bonds is 5. The zero-order valence-electron chi connectivity index (χ0n) is 13.1. The predicted octanol–water partition coefficient (Wildman–Crippen LogP) is 4.98. The van der Waals surface area contributed by atoms with Crippen molar-refractivity contribution in [1.29, 1.82) is 0 Å². The number of aromatic nitrogens is 2. The summed E-state index contributed by atoms with van der Waals surface area (Å²) in [6, 6.07) is 16.4. The van der Waals surface area contributed by atoms with Crippen LogP contribution in [0, 0.1) is 10.1 Å². The minimum absolute atomic E-state index is 0.0445. The second-order valence-corrected chi connectivity index (χ2v) is 6.06. The number of hydrogen-bond donors (Lipinski definition) is 1. The fourth-order valence-electron chi connectivity index (χ4n) is 2.60. The van der Waals surface area contributed by atoms with Crippen molar-refractivity contribution in [2.45, 2.75) is 19.3 Å². The first-order valence-corrected chi connectivity index (χ1v) is 7.96. The highest BCUT2D eigenvalue weighted by atomic mass is 35.5. The number of nitrogens with one attached hydrogen (secondary N) is 1. The van der Waals surface area contributed by atoms with E-state index in [9.17, 15) is 10.1 Å². The first-order chi connectivity index (χ1) is 11.5. The molecule has 1 N–H and O–H groups in total. The number of aromatic amines is 1. The molecule has 0 radical (unpaired) electrons. The molecule has 122 valence electrons. The maximum atomic E-state index is 10.7. The Balaban J connectivity index is 1.83. The van der Waals surface area contributed by atoms with E-state index < -0.39 is 4.92 Å². The fourth-order valence-corrected chi connectivity index (χ4v) is 2.85. The highest BCUT2D eigenvalue weighted by molar-refractivity contribution is 6.31. The summed E-state index contributed by atoms with van der Waals surface area (Å²) < 4.78 is 0. The molecule has 2 aromatic carbocycles. The number of nitrogens with zero attached hydrogens (tertiary/aromatic N) is 2. The van der Waals surface area contributed by atoms with E-state index in [2.05, 4.69) is 29.0 Å². The van der Waals surface area contributed by atoms with Gasteiger partial charge in [0.05, 0.1) is 4.92 Å². The number of nitro groups is 1. The van der Waals surface area contributed by atoms with Gasteiger partial charge in [-0.1, -0.05) is 48.9 Å². The van der Waals surface area contributed by atoms with Gasteiger partial charge in [0.25, 0.3) is 5.69 Å². The van der Waals surface area contributed by atoms with Crippen molar-refractivity contribution in [3.8, 4) is 11.3 Å². The SMILES string of the molecule is C[C@@H](Cc1ccccc1)c1nc(-c2ccc([N+](=O)[O-])cc2)c(Cl)[nH]1. The molecule has 0 saturated carbocycles. The van der Waals surface area contributed by atoms with Crippen LogP contribution in [0.3, 0.4) is 0 Å². The highest BCUT2D eigenvalue weighted by Gasteiger charge is 2.16. The predicted molar refractivity (Wildman–Crippen MR) is 94.2 cm³/mol. The molecule has 3 rings (SSSR count). The van der Waals surface area contributed by atoms with Crippen LogP contribution in [0.5, 0.6) is 0 Å². The largest absolute Gasteiger partial charge is 0.332 e. The molecule has 6 heteroatoms. The average molecular weight is 342 g/mol. The summed E-state index contributed by atoms with van der Waals surface area (Å²) in [5.41, 5.74) is 2.64. The van der Waals surface area contributed by atoms with Crippen molar-refractivity contribution < 1.29 is 4.92 Å². The van der Waals surface area contributed by atoms with E-state index in [0.29, 0.717) is 10.8 Å². The molecular weight excluding hydrogens is 326 g/mol. The summed E-state index contributed by atoms with van der Waals surface area (Å²) in [5, 5.41) is 11.2. The quantitative estimate of drug-likeness (QED) is 0.525. The first-order valence-electron chi connectivity index (χ1n) is 7.58. The van der Waals surface area contributed by atoms with Crippen LogP contribution in [-0.4, -0.2) is 14.9 Å². The lowest BCUT2D eigenvalue weighted by molar-refractivity contribution is -0.384. The summed E-state index contributed by atoms with van der Waals surface area (Å²) in [6.45, 7) is 2.09. The molecule has 5 nitrogen and oxygen atoms in total. The van der Waals surface area contributed by atoms with Crippen LogP contribution >= 0.6 is 11.6 Å². The monoisotopic (exact) mass is 341 g/mol. The van der Waals surface area contributed by atoms with Crippen molar-refractivity contribution in [3.63, 3.8) is 0 Å². The molecule has 0 aliphatic carbocycles. The van der Waals surface area contributed by atoms with Gasteiger partial charge >= 0.3 is 0 Å². The van der Waals surface area contributed by atoms with Gasteiger partial charge in [-0.25, -0.2) is 4.98 Å². The van der Waals surface area contributed by atoms with Gasteiger partial charge in [0.15, 0.2) is 0 Å². The van der Waals surface area contributed by atoms with Gasteiger partial charge in [0, 0.05) is 23.6 Å². The van der Waals surface area contributed by atoms with Crippen molar-refractivity contribution in [3.05, 3.63) is 81.3 Å². The van der Waals surface area contributed by atoms with Gasteiger partial charge in [-0.3, -0.25) is 10.1 Å². The molecule has 0 aliphatic rings. The Labute approximate surface area is 144 Å². The van der Waals surface area contributed by atoms with E-state index in [-0.39, 0.29) is 11.6 Å². The molecule has 24 heavy (non-hydrogen) atoms. The van der Waals surface area contributed by atoms with E-state index in [4.69, 9.17) is 11.6 Å².